The molecule has 0 aliphatic heterocycles. The van der Waals surface area contributed by atoms with Crippen molar-refractivity contribution in [1.82, 2.24) is 5.32 Å². The van der Waals surface area contributed by atoms with Crippen LogP contribution in [0.15, 0.2) is 59.5 Å². The Kier molecular flexibility index (Phi) is 5.13. The molecule has 0 fully saturated rings. The molecule has 0 unspecified atom stereocenters. The molecular formula is C16H16N2O4S. The van der Waals surface area contributed by atoms with E-state index in [9.17, 15) is 18.0 Å². The highest BCUT2D eigenvalue weighted by molar-refractivity contribution is 7.90. The summed E-state index contributed by atoms with van der Waals surface area (Å²) in [7, 11) is -3.27. The summed E-state index contributed by atoms with van der Waals surface area (Å²) < 4.78 is 22.7. The molecule has 120 valence electrons. The molecular weight excluding hydrogens is 316 g/mol. The van der Waals surface area contributed by atoms with Gasteiger partial charge in [-0.2, -0.15) is 0 Å². The minimum atomic E-state index is -3.27. The molecule has 6 nitrogen and oxygen atoms in total. The van der Waals surface area contributed by atoms with E-state index in [0.717, 1.165) is 6.26 Å². The van der Waals surface area contributed by atoms with Crippen molar-refractivity contribution in [3.63, 3.8) is 0 Å². The summed E-state index contributed by atoms with van der Waals surface area (Å²) in [4.78, 5) is 23.8. The van der Waals surface area contributed by atoms with Crippen LogP contribution in [0.25, 0.3) is 0 Å². The largest absolute Gasteiger partial charge is 0.343 e. The van der Waals surface area contributed by atoms with Gasteiger partial charge < -0.3 is 10.6 Å². The summed E-state index contributed by atoms with van der Waals surface area (Å²) in [5.41, 5.74) is 0.925. The van der Waals surface area contributed by atoms with Crippen molar-refractivity contribution in [3.8, 4) is 0 Å². The van der Waals surface area contributed by atoms with Gasteiger partial charge in [-0.3, -0.25) is 9.59 Å². The van der Waals surface area contributed by atoms with Crippen LogP contribution >= 0.6 is 0 Å². The van der Waals surface area contributed by atoms with Crippen LogP contribution in [0.4, 0.5) is 5.69 Å². The van der Waals surface area contributed by atoms with E-state index in [0.29, 0.717) is 11.3 Å². The van der Waals surface area contributed by atoms with Gasteiger partial charge >= 0.3 is 0 Å². The average molecular weight is 332 g/mol. The lowest BCUT2D eigenvalue weighted by atomic mass is 10.2. The first-order chi connectivity index (χ1) is 10.9. The Morgan fingerprint density at radius 2 is 1.57 bits per heavy atom. The van der Waals surface area contributed by atoms with Gasteiger partial charge in [0.1, 0.15) is 0 Å². The summed E-state index contributed by atoms with van der Waals surface area (Å²) in [6, 6.07) is 14.4. The second kappa shape index (κ2) is 7.06. The van der Waals surface area contributed by atoms with E-state index in [1.54, 1.807) is 30.3 Å². The fourth-order valence-electron chi connectivity index (χ4n) is 1.84. The molecule has 0 saturated heterocycles. The van der Waals surface area contributed by atoms with Gasteiger partial charge in [0.05, 0.1) is 11.4 Å². The highest BCUT2D eigenvalue weighted by Crippen LogP contribution is 2.13. The Morgan fingerprint density at radius 3 is 2.13 bits per heavy atom. The molecule has 7 heteroatoms. The Balaban J connectivity index is 1.89. The zero-order valence-corrected chi connectivity index (χ0v) is 13.3. The van der Waals surface area contributed by atoms with E-state index in [4.69, 9.17) is 0 Å². The van der Waals surface area contributed by atoms with Crippen LogP contribution in [-0.4, -0.2) is 33.0 Å². The summed E-state index contributed by atoms with van der Waals surface area (Å²) in [5, 5.41) is 5.09. The van der Waals surface area contributed by atoms with Crippen LogP contribution in [-0.2, 0) is 14.6 Å². The zero-order chi connectivity index (χ0) is 16.9. The molecule has 0 saturated carbocycles. The smallest absolute Gasteiger partial charge is 0.251 e. The van der Waals surface area contributed by atoms with Crippen molar-refractivity contribution in [2.24, 2.45) is 0 Å². The number of sulfone groups is 1. The van der Waals surface area contributed by atoms with Gasteiger partial charge in [0, 0.05) is 17.5 Å². The van der Waals surface area contributed by atoms with Crippen molar-refractivity contribution < 1.29 is 18.0 Å². The SMILES string of the molecule is CS(=O)(=O)c1ccc(NC(=O)CNC(=O)c2ccccc2)cc1. The molecule has 0 aliphatic carbocycles. The van der Waals surface area contributed by atoms with E-state index in [1.165, 1.54) is 24.3 Å². The number of hydrogen-bond acceptors (Lipinski definition) is 4. The molecule has 23 heavy (non-hydrogen) atoms. The third-order valence-corrected chi connectivity index (χ3v) is 4.14. The summed E-state index contributed by atoms with van der Waals surface area (Å²) in [6.07, 6.45) is 1.11. The first-order valence-corrected chi connectivity index (χ1v) is 8.68. The quantitative estimate of drug-likeness (QED) is 0.867. The van der Waals surface area contributed by atoms with Crippen LogP contribution in [0.2, 0.25) is 0 Å². The molecule has 2 aromatic rings. The average Bonchev–Trinajstić information content (AvgIpc) is 2.53. The number of anilines is 1. The molecule has 2 rings (SSSR count). The highest BCUT2D eigenvalue weighted by Gasteiger charge is 2.09. The lowest BCUT2D eigenvalue weighted by Crippen LogP contribution is -2.32. The van der Waals surface area contributed by atoms with Gasteiger partial charge in [0.2, 0.25) is 5.91 Å². The maximum Gasteiger partial charge on any atom is 0.251 e. The Morgan fingerprint density at radius 1 is 0.957 bits per heavy atom. The zero-order valence-electron chi connectivity index (χ0n) is 12.4. The third kappa shape index (κ3) is 4.93. The Labute approximate surface area is 134 Å². The first-order valence-electron chi connectivity index (χ1n) is 6.79. The lowest BCUT2D eigenvalue weighted by Gasteiger charge is -2.07. The van der Waals surface area contributed by atoms with E-state index >= 15 is 0 Å². The monoisotopic (exact) mass is 332 g/mol. The minimum Gasteiger partial charge on any atom is -0.343 e. The standard InChI is InChI=1S/C16H16N2O4S/c1-23(21,22)14-9-7-13(8-10-14)18-15(19)11-17-16(20)12-5-3-2-4-6-12/h2-10H,11H2,1H3,(H,17,20)(H,18,19). The predicted molar refractivity (Wildman–Crippen MR) is 87.0 cm³/mol. The number of hydrogen-bond donors (Lipinski definition) is 2. The van der Waals surface area contributed by atoms with Gasteiger partial charge in [0.25, 0.3) is 5.91 Å². The third-order valence-electron chi connectivity index (χ3n) is 3.01. The second-order valence-electron chi connectivity index (χ2n) is 4.89. The van der Waals surface area contributed by atoms with Crippen LogP contribution < -0.4 is 10.6 Å². The first kappa shape index (κ1) is 16.7. The van der Waals surface area contributed by atoms with E-state index in [1.807, 2.05) is 0 Å². The van der Waals surface area contributed by atoms with E-state index < -0.39 is 15.7 Å². The highest BCUT2D eigenvalue weighted by atomic mass is 32.2. The van der Waals surface area contributed by atoms with Crippen LogP contribution in [0.3, 0.4) is 0 Å². The molecule has 2 aromatic carbocycles. The van der Waals surface area contributed by atoms with Crippen LogP contribution in [0.5, 0.6) is 0 Å². The van der Waals surface area contributed by atoms with Crippen LogP contribution in [0, 0.1) is 0 Å². The van der Waals surface area contributed by atoms with Crippen molar-refractivity contribution in [1.29, 1.82) is 0 Å². The number of amides is 2. The number of carbonyl (C=O) groups is 2. The summed E-state index contributed by atoms with van der Waals surface area (Å²) in [5.74, 6) is -0.741. The molecule has 0 aromatic heterocycles. The topological polar surface area (TPSA) is 92.3 Å². The van der Waals surface area contributed by atoms with Crippen molar-refractivity contribution in [2.45, 2.75) is 4.90 Å². The number of carbonyl (C=O) groups excluding carboxylic acids is 2. The molecule has 0 heterocycles. The molecule has 0 aliphatic rings. The van der Waals surface area contributed by atoms with Crippen molar-refractivity contribution in [3.05, 3.63) is 60.2 Å². The molecule has 2 N–H and O–H groups in total. The van der Waals surface area contributed by atoms with Crippen molar-refractivity contribution >= 4 is 27.3 Å². The van der Waals surface area contributed by atoms with E-state index in [2.05, 4.69) is 10.6 Å². The molecule has 2 amide bonds. The predicted octanol–water partition coefficient (Wildman–Crippen LogP) is 1.46. The van der Waals surface area contributed by atoms with Crippen LogP contribution in [0.1, 0.15) is 10.4 Å². The second-order valence-corrected chi connectivity index (χ2v) is 6.91. The summed E-state index contributed by atoms with van der Waals surface area (Å²) >= 11 is 0. The maximum atomic E-state index is 11.8. The minimum absolute atomic E-state index is 0.174. The number of nitrogens with one attached hydrogen (secondary N) is 2. The van der Waals surface area contributed by atoms with Gasteiger partial charge in [-0.25, -0.2) is 8.42 Å². The summed E-state index contributed by atoms with van der Waals surface area (Å²) in [6.45, 7) is -0.179. The fourth-order valence-corrected chi connectivity index (χ4v) is 2.47. The Hall–Kier alpha value is -2.67. The number of benzene rings is 2. The normalized spacial score (nSPS) is 10.8. The molecule has 0 bridgehead atoms. The molecule has 0 radical (unpaired) electrons. The van der Waals surface area contributed by atoms with Gasteiger partial charge in [-0.15, -0.1) is 0 Å². The van der Waals surface area contributed by atoms with Gasteiger partial charge in [0.15, 0.2) is 9.84 Å². The molecule has 0 atom stereocenters. The van der Waals surface area contributed by atoms with E-state index in [-0.39, 0.29) is 17.3 Å². The van der Waals surface area contributed by atoms with Crippen molar-refractivity contribution in [2.75, 3.05) is 18.1 Å². The molecule has 0 spiro atoms. The van der Waals surface area contributed by atoms with Gasteiger partial charge in [-0.05, 0) is 36.4 Å². The Bertz CT molecular complexity index is 800. The van der Waals surface area contributed by atoms with Gasteiger partial charge in [-0.1, -0.05) is 18.2 Å². The number of rotatable bonds is 5. The fraction of sp³-hybridized carbons (Fsp3) is 0.125. The maximum absolute atomic E-state index is 11.8. The lowest BCUT2D eigenvalue weighted by molar-refractivity contribution is -0.115.